The highest BCUT2D eigenvalue weighted by Gasteiger charge is 2.59. The molecular formula is C18H27NO7. The number of aliphatic hydroxyl groups excluding tert-OH is 1. The van der Waals surface area contributed by atoms with E-state index in [0.29, 0.717) is 13.0 Å². The summed E-state index contributed by atoms with van der Waals surface area (Å²) >= 11 is 0. The summed E-state index contributed by atoms with van der Waals surface area (Å²) < 4.78 is 11.1. The molecule has 3 heterocycles. The summed E-state index contributed by atoms with van der Waals surface area (Å²) in [4.78, 5) is 39.3. The third-order valence-electron chi connectivity index (χ3n) is 6.92. The zero-order valence-electron chi connectivity index (χ0n) is 15.6. The highest BCUT2D eigenvalue weighted by atomic mass is 16.6. The van der Waals surface area contributed by atoms with Crippen molar-refractivity contribution >= 4 is 17.8 Å². The van der Waals surface area contributed by atoms with Gasteiger partial charge in [0.1, 0.15) is 12.2 Å². The number of amides is 1. The fourth-order valence-corrected chi connectivity index (χ4v) is 4.40. The molecule has 7 atom stereocenters. The number of aliphatic hydroxyl groups is 2. The minimum absolute atomic E-state index is 0.162. The summed E-state index contributed by atoms with van der Waals surface area (Å²) in [6.07, 6.45) is -1.16. The first-order chi connectivity index (χ1) is 12.1. The molecule has 0 aromatic rings. The number of carbonyl (C=O) groups is 3. The van der Waals surface area contributed by atoms with E-state index in [2.05, 4.69) is 0 Å². The number of hydrogen-bond donors (Lipinski definition) is 2. The summed E-state index contributed by atoms with van der Waals surface area (Å²) in [5.74, 6) is -3.34. The molecule has 2 N–H and O–H groups in total. The Morgan fingerprint density at radius 3 is 2.54 bits per heavy atom. The van der Waals surface area contributed by atoms with Gasteiger partial charge in [-0.25, -0.2) is 0 Å². The standard InChI is InChI=1S/C18H27NO7/c1-5-17(3)16(23)26-11-6-7-19-12(11)10(13(20)14(19)21)8-25-15(22)9(2)18(17,4)24/h9-13,20,24H,5-8H2,1-4H3/t9-,10+,11-,12-,13-,17+,18+/m1/s1. The molecule has 0 aromatic carbocycles. The van der Waals surface area contributed by atoms with Crippen LogP contribution in [0.4, 0.5) is 0 Å². The van der Waals surface area contributed by atoms with Gasteiger partial charge in [-0.2, -0.15) is 0 Å². The van der Waals surface area contributed by atoms with Crippen LogP contribution in [0.3, 0.4) is 0 Å². The fraction of sp³-hybridized carbons (Fsp3) is 0.833. The van der Waals surface area contributed by atoms with Crippen LogP contribution in [0.15, 0.2) is 0 Å². The van der Waals surface area contributed by atoms with Crippen LogP contribution in [0, 0.1) is 17.3 Å². The van der Waals surface area contributed by atoms with E-state index in [1.807, 2.05) is 0 Å². The molecule has 3 fully saturated rings. The monoisotopic (exact) mass is 369 g/mol. The van der Waals surface area contributed by atoms with E-state index in [4.69, 9.17) is 9.47 Å². The summed E-state index contributed by atoms with van der Waals surface area (Å²) in [5.41, 5.74) is -3.00. The Morgan fingerprint density at radius 1 is 1.27 bits per heavy atom. The van der Waals surface area contributed by atoms with Gasteiger partial charge in [0.15, 0.2) is 0 Å². The van der Waals surface area contributed by atoms with Crippen LogP contribution in [0.5, 0.6) is 0 Å². The Morgan fingerprint density at radius 2 is 1.92 bits per heavy atom. The van der Waals surface area contributed by atoms with Gasteiger partial charge < -0.3 is 24.6 Å². The number of rotatable bonds is 1. The molecule has 0 saturated carbocycles. The highest BCUT2D eigenvalue weighted by molar-refractivity contribution is 5.85. The molecule has 0 aliphatic carbocycles. The molecule has 1 amide bonds. The maximum absolute atomic E-state index is 13.0. The number of carbonyl (C=O) groups excluding carboxylic acids is 3. The molecule has 3 aliphatic rings. The minimum Gasteiger partial charge on any atom is -0.465 e. The third kappa shape index (κ3) is 2.45. The molecule has 0 bridgehead atoms. The van der Waals surface area contributed by atoms with Gasteiger partial charge in [-0.3, -0.25) is 14.4 Å². The molecule has 8 nitrogen and oxygen atoms in total. The van der Waals surface area contributed by atoms with Crippen LogP contribution in [-0.2, 0) is 23.9 Å². The van der Waals surface area contributed by atoms with E-state index < -0.39 is 58.9 Å². The van der Waals surface area contributed by atoms with Crippen molar-refractivity contribution in [2.75, 3.05) is 13.2 Å². The van der Waals surface area contributed by atoms with E-state index in [0.717, 1.165) is 0 Å². The van der Waals surface area contributed by atoms with E-state index in [-0.39, 0.29) is 13.0 Å². The van der Waals surface area contributed by atoms with Gasteiger partial charge in [0.2, 0.25) is 0 Å². The predicted molar refractivity (Wildman–Crippen MR) is 88.6 cm³/mol. The van der Waals surface area contributed by atoms with E-state index >= 15 is 0 Å². The lowest BCUT2D eigenvalue weighted by Gasteiger charge is -2.43. The Bertz CT molecular complexity index is 633. The maximum atomic E-state index is 13.0. The van der Waals surface area contributed by atoms with Crippen LogP contribution in [0.2, 0.25) is 0 Å². The topological polar surface area (TPSA) is 113 Å². The van der Waals surface area contributed by atoms with E-state index in [1.165, 1.54) is 18.7 Å². The summed E-state index contributed by atoms with van der Waals surface area (Å²) in [6, 6.07) is -0.520. The zero-order chi connectivity index (χ0) is 19.4. The first-order valence-corrected chi connectivity index (χ1v) is 9.15. The first kappa shape index (κ1) is 19.1. The molecule has 26 heavy (non-hydrogen) atoms. The molecule has 8 heteroatoms. The fourth-order valence-electron chi connectivity index (χ4n) is 4.40. The number of cyclic esters (lactones) is 1. The molecule has 3 saturated heterocycles. The Labute approximate surface area is 152 Å². The summed E-state index contributed by atoms with van der Waals surface area (Å²) in [7, 11) is 0. The Balaban J connectivity index is 2.02. The zero-order valence-corrected chi connectivity index (χ0v) is 15.6. The van der Waals surface area contributed by atoms with Crippen molar-refractivity contribution in [1.82, 2.24) is 4.90 Å². The second kappa shape index (κ2) is 6.20. The third-order valence-corrected chi connectivity index (χ3v) is 6.92. The van der Waals surface area contributed by atoms with Crippen molar-refractivity contribution in [3.05, 3.63) is 0 Å². The number of hydrogen-bond acceptors (Lipinski definition) is 7. The molecule has 0 unspecified atom stereocenters. The van der Waals surface area contributed by atoms with Crippen molar-refractivity contribution in [2.24, 2.45) is 17.3 Å². The van der Waals surface area contributed by atoms with Gasteiger partial charge in [0.25, 0.3) is 5.91 Å². The highest BCUT2D eigenvalue weighted by Crippen LogP contribution is 2.44. The van der Waals surface area contributed by atoms with Crippen molar-refractivity contribution < 1.29 is 34.1 Å². The van der Waals surface area contributed by atoms with Gasteiger partial charge >= 0.3 is 11.9 Å². The van der Waals surface area contributed by atoms with Crippen molar-refractivity contribution in [3.63, 3.8) is 0 Å². The second-order valence-corrected chi connectivity index (χ2v) is 8.05. The van der Waals surface area contributed by atoms with Crippen LogP contribution in [0.1, 0.15) is 40.5 Å². The number of nitrogens with zero attached hydrogens (tertiary/aromatic N) is 1. The average Bonchev–Trinajstić information content (AvgIpc) is 3.10. The van der Waals surface area contributed by atoms with Crippen molar-refractivity contribution in [2.45, 2.75) is 64.4 Å². The van der Waals surface area contributed by atoms with Gasteiger partial charge in [0.05, 0.1) is 35.5 Å². The SMILES string of the molecule is CC[C@@]1(C)C(=O)O[C@@H]2CCN3C(=O)[C@H](O)[C@@H](COC(=O)[C@@H](C)[C@]1(C)O)[C@H]23. The first-order valence-electron chi connectivity index (χ1n) is 9.15. The normalized spacial score (nSPS) is 46.5. The lowest BCUT2D eigenvalue weighted by molar-refractivity contribution is -0.189. The molecule has 0 spiro atoms. The number of ether oxygens (including phenoxy) is 2. The van der Waals surface area contributed by atoms with Crippen LogP contribution in [-0.4, -0.2) is 70.0 Å². The quantitative estimate of drug-likeness (QED) is 0.618. The lowest BCUT2D eigenvalue weighted by atomic mass is 9.66. The lowest BCUT2D eigenvalue weighted by Crippen LogP contribution is -2.56. The average molecular weight is 369 g/mol. The smallest absolute Gasteiger partial charge is 0.315 e. The van der Waals surface area contributed by atoms with Gasteiger partial charge in [-0.1, -0.05) is 6.92 Å². The molecule has 3 rings (SSSR count). The van der Waals surface area contributed by atoms with Gasteiger partial charge in [0, 0.05) is 13.0 Å². The van der Waals surface area contributed by atoms with E-state index in [1.54, 1.807) is 13.8 Å². The van der Waals surface area contributed by atoms with Crippen molar-refractivity contribution in [1.29, 1.82) is 0 Å². The van der Waals surface area contributed by atoms with Crippen LogP contribution < -0.4 is 0 Å². The number of esters is 2. The molecule has 146 valence electrons. The maximum Gasteiger partial charge on any atom is 0.315 e. The van der Waals surface area contributed by atoms with Crippen LogP contribution >= 0.6 is 0 Å². The summed E-state index contributed by atoms with van der Waals surface area (Å²) in [6.45, 7) is 6.49. The van der Waals surface area contributed by atoms with Crippen molar-refractivity contribution in [3.8, 4) is 0 Å². The van der Waals surface area contributed by atoms with Gasteiger partial charge in [-0.15, -0.1) is 0 Å². The van der Waals surface area contributed by atoms with E-state index in [9.17, 15) is 24.6 Å². The predicted octanol–water partition coefficient (Wildman–Crippen LogP) is -0.150. The van der Waals surface area contributed by atoms with Gasteiger partial charge in [-0.05, 0) is 27.2 Å². The Kier molecular flexibility index (Phi) is 4.55. The molecule has 0 aromatic heterocycles. The summed E-state index contributed by atoms with van der Waals surface area (Å²) in [5, 5.41) is 21.3. The Hall–Kier alpha value is -1.67. The minimum atomic E-state index is -1.68. The second-order valence-electron chi connectivity index (χ2n) is 8.05. The molecular weight excluding hydrogens is 342 g/mol. The molecule has 3 aliphatic heterocycles. The molecule has 0 radical (unpaired) electrons. The van der Waals surface area contributed by atoms with Crippen LogP contribution in [0.25, 0.3) is 0 Å². The largest absolute Gasteiger partial charge is 0.465 e.